The maximum Gasteiger partial charge on any atom is 0.314 e. The van der Waals surface area contributed by atoms with Crippen LogP contribution in [0.1, 0.15) is 5.56 Å². The van der Waals surface area contributed by atoms with Crippen LogP contribution in [0.25, 0.3) is 0 Å². The number of aliphatic hydroxyl groups excluding tert-OH is 1. The molecule has 1 aromatic rings. The van der Waals surface area contributed by atoms with Gasteiger partial charge in [-0.3, -0.25) is 0 Å². The minimum Gasteiger partial charge on any atom is -0.491 e. The normalized spacial score (nSPS) is 9.76. The second kappa shape index (κ2) is 7.51. The number of benzene rings is 1. The van der Waals surface area contributed by atoms with Gasteiger partial charge in [-0.2, -0.15) is 0 Å². The first kappa shape index (κ1) is 13.3. The molecule has 0 saturated carbocycles. The van der Waals surface area contributed by atoms with E-state index >= 15 is 0 Å². The molecule has 2 amide bonds. The molecule has 0 bridgehead atoms. The van der Waals surface area contributed by atoms with Gasteiger partial charge in [0.15, 0.2) is 0 Å². The zero-order valence-electron chi connectivity index (χ0n) is 9.90. The Morgan fingerprint density at radius 2 is 2.18 bits per heavy atom. The molecule has 0 spiro atoms. The summed E-state index contributed by atoms with van der Waals surface area (Å²) in [6.07, 6.45) is 0.690. The SMILES string of the molecule is CNC(=O)NCCc1ccccc1OCCO. The van der Waals surface area contributed by atoms with Crippen LogP contribution < -0.4 is 15.4 Å². The molecule has 0 aliphatic rings. The van der Waals surface area contributed by atoms with E-state index in [1.54, 1.807) is 7.05 Å². The van der Waals surface area contributed by atoms with Gasteiger partial charge in [0.1, 0.15) is 12.4 Å². The fraction of sp³-hybridized carbons (Fsp3) is 0.417. The first-order chi connectivity index (χ1) is 8.27. The Bertz CT molecular complexity index is 355. The van der Waals surface area contributed by atoms with E-state index in [1.807, 2.05) is 24.3 Å². The summed E-state index contributed by atoms with van der Waals surface area (Å²) < 4.78 is 5.39. The molecular weight excluding hydrogens is 220 g/mol. The largest absolute Gasteiger partial charge is 0.491 e. The molecule has 0 heterocycles. The summed E-state index contributed by atoms with van der Waals surface area (Å²) in [5, 5.41) is 13.9. The molecule has 0 saturated heterocycles. The van der Waals surface area contributed by atoms with Crippen LogP contribution in [0, 0.1) is 0 Å². The highest BCUT2D eigenvalue weighted by atomic mass is 16.5. The maximum atomic E-state index is 11.0. The Balaban J connectivity index is 2.48. The van der Waals surface area contributed by atoms with Gasteiger partial charge in [-0.05, 0) is 18.1 Å². The summed E-state index contributed by atoms with van der Waals surface area (Å²) in [6.45, 7) is 0.809. The molecule has 0 unspecified atom stereocenters. The molecule has 1 aromatic carbocycles. The summed E-state index contributed by atoms with van der Waals surface area (Å²) in [7, 11) is 1.58. The quantitative estimate of drug-likeness (QED) is 0.677. The van der Waals surface area contributed by atoms with Gasteiger partial charge in [0.2, 0.25) is 0 Å². The number of urea groups is 1. The molecule has 17 heavy (non-hydrogen) atoms. The van der Waals surface area contributed by atoms with Gasteiger partial charge in [-0.25, -0.2) is 4.79 Å². The smallest absolute Gasteiger partial charge is 0.314 e. The van der Waals surface area contributed by atoms with Gasteiger partial charge in [0.05, 0.1) is 6.61 Å². The standard InChI is InChI=1S/C12H18N2O3/c1-13-12(16)14-7-6-10-4-2-3-5-11(10)17-9-8-15/h2-5,15H,6-9H2,1H3,(H2,13,14,16). The van der Waals surface area contributed by atoms with Crippen molar-refractivity contribution in [3.8, 4) is 5.75 Å². The number of rotatable bonds is 6. The van der Waals surface area contributed by atoms with Crippen molar-refractivity contribution in [2.24, 2.45) is 0 Å². The molecule has 0 aliphatic heterocycles. The Hall–Kier alpha value is -1.75. The van der Waals surface area contributed by atoms with Crippen molar-refractivity contribution in [2.75, 3.05) is 26.8 Å². The number of carbonyl (C=O) groups is 1. The number of carbonyl (C=O) groups excluding carboxylic acids is 1. The van der Waals surface area contributed by atoms with Gasteiger partial charge in [-0.15, -0.1) is 0 Å². The summed E-state index contributed by atoms with van der Waals surface area (Å²) in [5.74, 6) is 0.750. The molecule has 5 nitrogen and oxygen atoms in total. The van der Waals surface area contributed by atoms with Gasteiger partial charge in [0.25, 0.3) is 0 Å². The fourth-order valence-corrected chi connectivity index (χ4v) is 1.41. The molecule has 0 aliphatic carbocycles. The number of ether oxygens (including phenoxy) is 1. The Kier molecular flexibility index (Phi) is 5.88. The van der Waals surface area contributed by atoms with Gasteiger partial charge in [-0.1, -0.05) is 18.2 Å². The monoisotopic (exact) mass is 238 g/mol. The van der Waals surface area contributed by atoms with Gasteiger partial charge < -0.3 is 20.5 Å². The molecule has 0 aromatic heterocycles. The molecule has 0 radical (unpaired) electrons. The van der Waals surface area contributed by atoms with Crippen molar-refractivity contribution < 1.29 is 14.6 Å². The lowest BCUT2D eigenvalue weighted by atomic mass is 10.1. The third-order valence-electron chi connectivity index (χ3n) is 2.23. The highest BCUT2D eigenvalue weighted by Gasteiger charge is 2.03. The van der Waals surface area contributed by atoms with Crippen LogP contribution >= 0.6 is 0 Å². The van der Waals surface area contributed by atoms with E-state index in [-0.39, 0.29) is 19.2 Å². The van der Waals surface area contributed by atoms with E-state index in [0.717, 1.165) is 11.3 Å². The Morgan fingerprint density at radius 1 is 1.41 bits per heavy atom. The van der Waals surface area contributed by atoms with Crippen molar-refractivity contribution in [1.29, 1.82) is 0 Å². The highest BCUT2D eigenvalue weighted by molar-refractivity contribution is 5.73. The van der Waals surface area contributed by atoms with Crippen LogP contribution in [0.15, 0.2) is 24.3 Å². The summed E-state index contributed by atoms with van der Waals surface area (Å²) in [5.41, 5.74) is 1.01. The van der Waals surface area contributed by atoms with Crippen molar-refractivity contribution in [1.82, 2.24) is 10.6 Å². The van der Waals surface area contributed by atoms with Crippen LogP contribution in [-0.4, -0.2) is 37.9 Å². The van der Waals surface area contributed by atoms with Crippen molar-refractivity contribution in [2.45, 2.75) is 6.42 Å². The maximum absolute atomic E-state index is 11.0. The van der Waals surface area contributed by atoms with E-state index in [9.17, 15) is 4.79 Å². The lowest BCUT2D eigenvalue weighted by Gasteiger charge is -2.10. The highest BCUT2D eigenvalue weighted by Crippen LogP contribution is 2.17. The third kappa shape index (κ3) is 4.74. The van der Waals surface area contributed by atoms with E-state index in [4.69, 9.17) is 9.84 Å². The van der Waals surface area contributed by atoms with Gasteiger partial charge in [0, 0.05) is 13.6 Å². The Labute approximate surface area is 101 Å². The molecule has 3 N–H and O–H groups in total. The second-order valence-electron chi connectivity index (χ2n) is 3.44. The zero-order chi connectivity index (χ0) is 12.5. The van der Waals surface area contributed by atoms with Crippen LogP contribution in [0.4, 0.5) is 4.79 Å². The van der Waals surface area contributed by atoms with E-state index in [0.29, 0.717) is 13.0 Å². The summed E-state index contributed by atoms with van der Waals surface area (Å²) >= 11 is 0. The third-order valence-corrected chi connectivity index (χ3v) is 2.23. The van der Waals surface area contributed by atoms with Crippen molar-refractivity contribution in [3.05, 3.63) is 29.8 Å². The summed E-state index contributed by atoms with van der Waals surface area (Å²) in [6, 6.07) is 7.39. The first-order valence-electron chi connectivity index (χ1n) is 5.55. The van der Waals surface area contributed by atoms with E-state index in [2.05, 4.69) is 10.6 Å². The number of para-hydroxylation sites is 1. The molecule has 0 fully saturated rings. The lowest BCUT2D eigenvalue weighted by molar-refractivity contribution is 0.200. The zero-order valence-corrected chi connectivity index (χ0v) is 9.90. The van der Waals surface area contributed by atoms with Crippen LogP contribution in [0.3, 0.4) is 0 Å². The molecule has 94 valence electrons. The molecule has 0 atom stereocenters. The predicted octanol–water partition coefficient (Wildman–Crippen LogP) is 0.529. The minimum absolute atomic E-state index is 0.00910. The average molecular weight is 238 g/mol. The number of hydrogen-bond acceptors (Lipinski definition) is 3. The van der Waals surface area contributed by atoms with E-state index in [1.165, 1.54) is 0 Å². The number of nitrogens with one attached hydrogen (secondary N) is 2. The van der Waals surface area contributed by atoms with Crippen molar-refractivity contribution >= 4 is 6.03 Å². The molecule has 5 heteroatoms. The predicted molar refractivity (Wildman–Crippen MR) is 65.2 cm³/mol. The number of hydrogen-bond donors (Lipinski definition) is 3. The molecule has 1 rings (SSSR count). The topological polar surface area (TPSA) is 70.6 Å². The Morgan fingerprint density at radius 3 is 2.88 bits per heavy atom. The first-order valence-corrected chi connectivity index (χ1v) is 5.55. The van der Waals surface area contributed by atoms with Crippen molar-refractivity contribution in [3.63, 3.8) is 0 Å². The lowest BCUT2D eigenvalue weighted by Crippen LogP contribution is -2.34. The average Bonchev–Trinajstić information content (AvgIpc) is 2.37. The van der Waals surface area contributed by atoms with E-state index < -0.39 is 0 Å². The molecular formula is C12H18N2O3. The van der Waals surface area contributed by atoms with Gasteiger partial charge >= 0.3 is 6.03 Å². The number of aliphatic hydroxyl groups is 1. The minimum atomic E-state index is -0.196. The summed E-state index contributed by atoms with van der Waals surface area (Å²) in [4.78, 5) is 11.0. The van der Waals surface area contributed by atoms with Crippen LogP contribution in [-0.2, 0) is 6.42 Å². The second-order valence-corrected chi connectivity index (χ2v) is 3.44. The number of amides is 2. The fourth-order valence-electron chi connectivity index (χ4n) is 1.41. The van der Waals surface area contributed by atoms with Crippen LogP contribution in [0.5, 0.6) is 5.75 Å². The van der Waals surface area contributed by atoms with Crippen LogP contribution in [0.2, 0.25) is 0 Å².